The van der Waals surface area contributed by atoms with Gasteiger partial charge in [-0.2, -0.15) is 4.98 Å². The van der Waals surface area contributed by atoms with Crippen LogP contribution in [0.2, 0.25) is 5.02 Å². The van der Waals surface area contributed by atoms with E-state index in [9.17, 15) is 4.79 Å². The molecule has 162 valence electrons. The van der Waals surface area contributed by atoms with Gasteiger partial charge in [-0.25, -0.2) is 4.98 Å². The summed E-state index contributed by atoms with van der Waals surface area (Å²) in [6.07, 6.45) is 3.23. The van der Waals surface area contributed by atoms with Crippen molar-refractivity contribution in [3.05, 3.63) is 41.0 Å². The summed E-state index contributed by atoms with van der Waals surface area (Å²) >= 11 is 6.41. The van der Waals surface area contributed by atoms with E-state index in [0.29, 0.717) is 17.4 Å². The normalized spacial score (nSPS) is 17.1. The summed E-state index contributed by atoms with van der Waals surface area (Å²) in [6, 6.07) is 8.08. The number of carbonyl (C=O) groups is 1. The van der Waals surface area contributed by atoms with Crippen LogP contribution in [0, 0.1) is 0 Å². The number of halogens is 1. The van der Waals surface area contributed by atoms with Gasteiger partial charge in [0.25, 0.3) is 0 Å². The molecule has 1 aromatic heterocycles. The molecule has 1 aliphatic rings. The van der Waals surface area contributed by atoms with Crippen LogP contribution in [0.1, 0.15) is 52.0 Å². The standard InChI is InChI=1S/C23H31ClN4O2/c1-5-27(6-2)23-25-14-21(24)22(26-23)28-12-11-20(15-28)30-19-9-7-18(8-10-19)16(3)13-17(4)29/h7-10,14,16,20H,5-6,11-13,15H2,1-4H3/t16-,20-/m1/s1. The number of benzene rings is 1. The fourth-order valence-electron chi connectivity index (χ4n) is 3.86. The van der Waals surface area contributed by atoms with Crippen LogP contribution in [0.5, 0.6) is 5.75 Å². The van der Waals surface area contributed by atoms with Gasteiger partial charge in [-0.3, -0.25) is 0 Å². The van der Waals surface area contributed by atoms with Crippen LogP contribution >= 0.6 is 11.6 Å². The Labute approximate surface area is 184 Å². The summed E-state index contributed by atoms with van der Waals surface area (Å²) in [7, 11) is 0. The molecule has 30 heavy (non-hydrogen) atoms. The van der Waals surface area contributed by atoms with E-state index in [2.05, 4.69) is 35.6 Å². The van der Waals surface area contributed by atoms with E-state index in [4.69, 9.17) is 21.3 Å². The number of carbonyl (C=O) groups excluding carboxylic acids is 1. The number of ether oxygens (including phenoxy) is 1. The first-order valence-electron chi connectivity index (χ1n) is 10.7. The summed E-state index contributed by atoms with van der Waals surface area (Å²) in [5.74, 6) is 2.75. The average molecular weight is 431 g/mol. The van der Waals surface area contributed by atoms with Crippen molar-refractivity contribution in [3.63, 3.8) is 0 Å². The van der Waals surface area contributed by atoms with Crippen molar-refractivity contribution in [3.8, 4) is 5.75 Å². The molecule has 1 fully saturated rings. The topological polar surface area (TPSA) is 58.6 Å². The molecule has 7 heteroatoms. The molecule has 0 aliphatic carbocycles. The zero-order valence-corrected chi connectivity index (χ0v) is 19.0. The van der Waals surface area contributed by atoms with Crippen molar-refractivity contribution in [2.24, 2.45) is 0 Å². The fourth-order valence-corrected chi connectivity index (χ4v) is 4.07. The lowest BCUT2D eigenvalue weighted by Crippen LogP contribution is -2.28. The maximum Gasteiger partial charge on any atom is 0.227 e. The molecule has 0 N–H and O–H groups in total. The molecule has 2 heterocycles. The van der Waals surface area contributed by atoms with Crippen LogP contribution in [0.25, 0.3) is 0 Å². The van der Waals surface area contributed by atoms with Gasteiger partial charge in [0.15, 0.2) is 5.82 Å². The molecule has 2 atom stereocenters. The number of rotatable bonds is 9. The van der Waals surface area contributed by atoms with E-state index < -0.39 is 0 Å². The zero-order valence-electron chi connectivity index (χ0n) is 18.3. The zero-order chi connectivity index (χ0) is 21.7. The van der Waals surface area contributed by atoms with Crippen molar-refractivity contribution >= 4 is 29.2 Å². The van der Waals surface area contributed by atoms with Crippen molar-refractivity contribution in [1.82, 2.24) is 9.97 Å². The van der Waals surface area contributed by atoms with E-state index in [1.54, 1.807) is 13.1 Å². The number of anilines is 2. The van der Waals surface area contributed by atoms with Gasteiger partial charge in [0.2, 0.25) is 5.95 Å². The van der Waals surface area contributed by atoms with Crippen LogP contribution in [-0.4, -0.2) is 48.0 Å². The molecule has 1 aromatic carbocycles. The SMILES string of the molecule is CCN(CC)c1ncc(Cl)c(N2CC[C@@H](Oc3ccc([C@H](C)CC(C)=O)cc3)C2)n1. The van der Waals surface area contributed by atoms with Crippen molar-refractivity contribution in [2.45, 2.75) is 52.6 Å². The minimum absolute atomic E-state index is 0.0772. The molecule has 0 saturated carbocycles. The van der Waals surface area contributed by atoms with Gasteiger partial charge in [-0.15, -0.1) is 0 Å². The molecule has 6 nitrogen and oxygen atoms in total. The van der Waals surface area contributed by atoms with Gasteiger partial charge >= 0.3 is 0 Å². The van der Waals surface area contributed by atoms with Gasteiger partial charge in [0.1, 0.15) is 22.7 Å². The Bertz CT molecular complexity index is 855. The number of Topliss-reactive ketones (excluding diaryl/α,β-unsaturated/α-hetero) is 1. The predicted molar refractivity (Wildman–Crippen MR) is 122 cm³/mol. The monoisotopic (exact) mass is 430 g/mol. The Morgan fingerprint density at radius 1 is 1.30 bits per heavy atom. The second kappa shape index (κ2) is 10.1. The van der Waals surface area contributed by atoms with Crippen LogP contribution < -0.4 is 14.5 Å². The molecule has 2 aromatic rings. The molecule has 0 bridgehead atoms. The summed E-state index contributed by atoms with van der Waals surface area (Å²) in [5.41, 5.74) is 1.15. The Morgan fingerprint density at radius 3 is 2.63 bits per heavy atom. The molecule has 1 saturated heterocycles. The number of ketones is 1. The third-order valence-corrected chi connectivity index (χ3v) is 5.82. The maximum atomic E-state index is 11.3. The van der Waals surface area contributed by atoms with E-state index in [-0.39, 0.29) is 17.8 Å². The summed E-state index contributed by atoms with van der Waals surface area (Å²) in [5, 5.41) is 0.565. The highest BCUT2D eigenvalue weighted by molar-refractivity contribution is 6.32. The van der Waals surface area contributed by atoms with Crippen LogP contribution in [0.15, 0.2) is 30.5 Å². The Balaban J connectivity index is 1.63. The second-order valence-corrected chi connectivity index (χ2v) is 8.27. The lowest BCUT2D eigenvalue weighted by molar-refractivity contribution is -0.117. The van der Waals surface area contributed by atoms with Crippen LogP contribution in [0.3, 0.4) is 0 Å². The Hall–Kier alpha value is -2.34. The van der Waals surface area contributed by atoms with Gasteiger partial charge < -0.3 is 19.3 Å². The maximum absolute atomic E-state index is 11.3. The lowest BCUT2D eigenvalue weighted by atomic mass is 9.96. The molecule has 0 unspecified atom stereocenters. The minimum Gasteiger partial charge on any atom is -0.489 e. The highest BCUT2D eigenvalue weighted by Crippen LogP contribution is 2.30. The van der Waals surface area contributed by atoms with Gasteiger partial charge in [-0.1, -0.05) is 30.7 Å². The summed E-state index contributed by atoms with van der Waals surface area (Å²) in [6.45, 7) is 11.2. The second-order valence-electron chi connectivity index (χ2n) is 7.86. The number of hydrogen-bond donors (Lipinski definition) is 0. The summed E-state index contributed by atoms with van der Waals surface area (Å²) < 4.78 is 6.20. The molecule has 0 amide bonds. The molecule has 0 radical (unpaired) electrons. The third-order valence-electron chi connectivity index (χ3n) is 5.55. The van der Waals surface area contributed by atoms with Crippen LogP contribution in [0.4, 0.5) is 11.8 Å². The molecular weight excluding hydrogens is 400 g/mol. The predicted octanol–water partition coefficient (Wildman–Crippen LogP) is 4.72. The first-order valence-corrected chi connectivity index (χ1v) is 11.1. The first kappa shape index (κ1) is 22.3. The first-order chi connectivity index (χ1) is 14.4. The fraction of sp³-hybridized carbons (Fsp3) is 0.522. The van der Waals surface area contributed by atoms with Gasteiger partial charge in [0, 0.05) is 32.5 Å². The molecule has 3 rings (SSSR count). The lowest BCUT2D eigenvalue weighted by Gasteiger charge is -2.23. The minimum atomic E-state index is 0.0772. The van der Waals surface area contributed by atoms with Crippen molar-refractivity contribution in [2.75, 3.05) is 36.0 Å². The van der Waals surface area contributed by atoms with E-state index in [1.165, 1.54) is 0 Å². The number of nitrogens with zero attached hydrogens (tertiary/aromatic N) is 4. The highest BCUT2D eigenvalue weighted by atomic mass is 35.5. The van der Waals surface area contributed by atoms with Crippen molar-refractivity contribution in [1.29, 1.82) is 0 Å². The van der Waals surface area contributed by atoms with E-state index >= 15 is 0 Å². The number of hydrogen-bond acceptors (Lipinski definition) is 6. The third kappa shape index (κ3) is 5.42. The summed E-state index contributed by atoms with van der Waals surface area (Å²) in [4.78, 5) is 24.7. The Kier molecular flexibility index (Phi) is 7.53. The Morgan fingerprint density at radius 2 is 2.00 bits per heavy atom. The average Bonchev–Trinajstić information content (AvgIpc) is 3.18. The van der Waals surface area contributed by atoms with E-state index in [0.717, 1.165) is 49.7 Å². The van der Waals surface area contributed by atoms with Crippen LogP contribution in [-0.2, 0) is 4.79 Å². The molecular formula is C23H31ClN4O2. The highest BCUT2D eigenvalue weighted by Gasteiger charge is 2.27. The number of aromatic nitrogens is 2. The molecule has 1 aliphatic heterocycles. The van der Waals surface area contributed by atoms with Gasteiger partial charge in [0.05, 0.1) is 12.7 Å². The smallest absolute Gasteiger partial charge is 0.227 e. The van der Waals surface area contributed by atoms with E-state index in [1.807, 2.05) is 24.3 Å². The van der Waals surface area contributed by atoms with Crippen molar-refractivity contribution < 1.29 is 9.53 Å². The quantitative estimate of drug-likeness (QED) is 0.573. The van der Waals surface area contributed by atoms with Gasteiger partial charge in [-0.05, 0) is 44.4 Å². The largest absolute Gasteiger partial charge is 0.489 e. The molecule has 0 spiro atoms.